The van der Waals surface area contributed by atoms with Crippen LogP contribution in [0.15, 0.2) is 36.2 Å². The highest BCUT2D eigenvalue weighted by Crippen LogP contribution is 2.23. The maximum Gasteiger partial charge on any atom is 0.358 e. The molecule has 0 saturated carbocycles. The zero-order valence-corrected chi connectivity index (χ0v) is 13.3. The van der Waals surface area contributed by atoms with Crippen molar-refractivity contribution in [3.05, 3.63) is 57.5 Å². The second kappa shape index (κ2) is 7.45. The predicted octanol–water partition coefficient (Wildman–Crippen LogP) is 4.40. The Morgan fingerprint density at radius 1 is 1.43 bits per heavy atom. The molecule has 0 radical (unpaired) electrons. The first-order valence-electron chi connectivity index (χ1n) is 6.01. The van der Waals surface area contributed by atoms with Crippen molar-refractivity contribution >= 4 is 45.6 Å². The molecular formula is C14H12Cl2N2O2S. The van der Waals surface area contributed by atoms with Crippen molar-refractivity contribution in [2.45, 2.75) is 6.61 Å². The van der Waals surface area contributed by atoms with Crippen molar-refractivity contribution in [3.8, 4) is 0 Å². The Labute approximate surface area is 136 Å². The number of aromatic nitrogens is 1. The summed E-state index contributed by atoms with van der Waals surface area (Å²) in [5.41, 5.74) is 1.03. The SMILES string of the molecule is C=CCNc1nc(C(=O)OCc2ccc(Cl)c(Cl)c2)cs1. The molecule has 0 aliphatic heterocycles. The van der Waals surface area contributed by atoms with E-state index < -0.39 is 5.97 Å². The minimum Gasteiger partial charge on any atom is -0.456 e. The number of halogens is 2. The molecule has 21 heavy (non-hydrogen) atoms. The first-order valence-corrected chi connectivity index (χ1v) is 7.65. The van der Waals surface area contributed by atoms with E-state index in [9.17, 15) is 4.79 Å². The van der Waals surface area contributed by atoms with E-state index in [4.69, 9.17) is 27.9 Å². The van der Waals surface area contributed by atoms with E-state index in [0.29, 0.717) is 21.7 Å². The summed E-state index contributed by atoms with van der Waals surface area (Å²) in [6.07, 6.45) is 1.71. The number of nitrogens with zero attached hydrogens (tertiary/aromatic N) is 1. The summed E-state index contributed by atoms with van der Waals surface area (Å²) < 4.78 is 5.18. The van der Waals surface area contributed by atoms with Crippen LogP contribution in [0.3, 0.4) is 0 Å². The van der Waals surface area contributed by atoms with Crippen LogP contribution in [0, 0.1) is 0 Å². The second-order valence-electron chi connectivity index (χ2n) is 4.03. The number of hydrogen-bond acceptors (Lipinski definition) is 5. The van der Waals surface area contributed by atoms with Crippen molar-refractivity contribution in [2.24, 2.45) is 0 Å². The van der Waals surface area contributed by atoms with Crippen LogP contribution in [0.4, 0.5) is 5.13 Å². The fourth-order valence-electron chi connectivity index (χ4n) is 1.46. The van der Waals surface area contributed by atoms with Crippen molar-refractivity contribution < 1.29 is 9.53 Å². The molecule has 1 aromatic carbocycles. The van der Waals surface area contributed by atoms with Gasteiger partial charge in [0.25, 0.3) is 0 Å². The Hall–Kier alpha value is -1.56. The zero-order valence-electron chi connectivity index (χ0n) is 10.9. The maximum atomic E-state index is 11.9. The van der Waals surface area contributed by atoms with Crippen LogP contribution in [-0.2, 0) is 11.3 Å². The van der Waals surface area contributed by atoms with Gasteiger partial charge < -0.3 is 10.1 Å². The minimum atomic E-state index is -0.482. The molecule has 2 aromatic rings. The topological polar surface area (TPSA) is 51.2 Å². The molecule has 0 aliphatic carbocycles. The summed E-state index contributed by atoms with van der Waals surface area (Å²) in [5, 5.41) is 6.19. The normalized spacial score (nSPS) is 10.2. The molecule has 0 fully saturated rings. The second-order valence-corrected chi connectivity index (χ2v) is 5.70. The number of carbonyl (C=O) groups excluding carboxylic acids is 1. The summed E-state index contributed by atoms with van der Waals surface area (Å²) in [6.45, 7) is 4.30. The van der Waals surface area contributed by atoms with Crippen LogP contribution in [0.5, 0.6) is 0 Å². The minimum absolute atomic E-state index is 0.114. The monoisotopic (exact) mass is 342 g/mol. The highest BCUT2D eigenvalue weighted by atomic mass is 35.5. The molecule has 2 rings (SSSR count). The first-order chi connectivity index (χ1) is 10.1. The Bertz CT molecular complexity index is 658. The van der Waals surface area contributed by atoms with Crippen LogP contribution in [-0.4, -0.2) is 17.5 Å². The molecule has 1 aromatic heterocycles. The molecule has 1 heterocycles. The van der Waals surface area contributed by atoms with Crippen molar-refractivity contribution in [1.82, 2.24) is 4.98 Å². The van der Waals surface area contributed by atoms with E-state index in [1.165, 1.54) is 11.3 Å². The van der Waals surface area contributed by atoms with Gasteiger partial charge in [-0.15, -0.1) is 17.9 Å². The van der Waals surface area contributed by atoms with Crippen LogP contribution in [0.2, 0.25) is 10.0 Å². The molecule has 0 amide bonds. The summed E-state index contributed by atoms with van der Waals surface area (Å²) in [5.74, 6) is -0.482. The predicted molar refractivity (Wildman–Crippen MR) is 86.4 cm³/mol. The first kappa shape index (κ1) is 15.8. The van der Waals surface area contributed by atoms with Crippen molar-refractivity contribution in [2.75, 3.05) is 11.9 Å². The van der Waals surface area contributed by atoms with Gasteiger partial charge in [-0.25, -0.2) is 9.78 Å². The van der Waals surface area contributed by atoms with E-state index in [2.05, 4.69) is 16.9 Å². The fraction of sp³-hybridized carbons (Fsp3) is 0.143. The quantitative estimate of drug-likeness (QED) is 0.624. The number of esters is 1. The Morgan fingerprint density at radius 2 is 2.24 bits per heavy atom. The Kier molecular flexibility index (Phi) is 5.61. The number of hydrogen-bond donors (Lipinski definition) is 1. The summed E-state index contributed by atoms with van der Waals surface area (Å²) in [4.78, 5) is 16.0. The molecule has 4 nitrogen and oxygen atoms in total. The molecule has 0 saturated heterocycles. The summed E-state index contributed by atoms with van der Waals surface area (Å²) in [7, 11) is 0. The van der Waals surface area contributed by atoms with Crippen molar-refractivity contribution in [1.29, 1.82) is 0 Å². The standard InChI is InChI=1S/C14H12Cl2N2O2S/c1-2-5-17-14-18-12(8-21-14)13(19)20-7-9-3-4-10(15)11(16)6-9/h2-4,6,8H,1,5,7H2,(H,17,18). The average molecular weight is 343 g/mol. The number of anilines is 1. The smallest absolute Gasteiger partial charge is 0.358 e. The Balaban J connectivity index is 1.93. The molecule has 0 atom stereocenters. The molecule has 7 heteroatoms. The maximum absolute atomic E-state index is 11.9. The number of nitrogens with one attached hydrogen (secondary N) is 1. The number of benzene rings is 1. The third-order valence-corrected chi connectivity index (χ3v) is 4.00. The molecule has 0 spiro atoms. The summed E-state index contributed by atoms with van der Waals surface area (Å²) in [6, 6.07) is 5.07. The third-order valence-electron chi connectivity index (χ3n) is 2.46. The van der Waals surface area contributed by atoms with E-state index >= 15 is 0 Å². The lowest BCUT2D eigenvalue weighted by molar-refractivity contribution is 0.0467. The largest absolute Gasteiger partial charge is 0.456 e. The van der Waals surface area contributed by atoms with Gasteiger partial charge in [0.1, 0.15) is 6.61 Å². The lowest BCUT2D eigenvalue weighted by Gasteiger charge is -2.04. The van der Waals surface area contributed by atoms with E-state index in [0.717, 1.165) is 5.56 Å². The lowest BCUT2D eigenvalue weighted by Crippen LogP contribution is -2.06. The van der Waals surface area contributed by atoms with Gasteiger partial charge in [0.05, 0.1) is 10.0 Å². The van der Waals surface area contributed by atoms with Crippen LogP contribution >= 0.6 is 34.5 Å². The summed E-state index contributed by atoms with van der Waals surface area (Å²) >= 11 is 13.1. The van der Waals surface area contributed by atoms with Gasteiger partial charge in [-0.1, -0.05) is 35.3 Å². The molecular weight excluding hydrogens is 331 g/mol. The van der Waals surface area contributed by atoms with Crippen LogP contribution in [0.1, 0.15) is 16.1 Å². The van der Waals surface area contributed by atoms with Gasteiger partial charge in [-0.2, -0.15) is 0 Å². The molecule has 110 valence electrons. The van der Waals surface area contributed by atoms with E-state index in [1.807, 2.05) is 0 Å². The number of ether oxygens (including phenoxy) is 1. The highest BCUT2D eigenvalue weighted by molar-refractivity contribution is 7.13. The Morgan fingerprint density at radius 3 is 2.95 bits per heavy atom. The van der Waals surface area contributed by atoms with E-state index in [1.54, 1.807) is 29.7 Å². The molecule has 0 aliphatic rings. The van der Waals surface area contributed by atoms with Gasteiger partial charge >= 0.3 is 5.97 Å². The number of carbonyl (C=O) groups is 1. The third kappa shape index (κ3) is 4.46. The number of thiazole rings is 1. The van der Waals surface area contributed by atoms with E-state index in [-0.39, 0.29) is 12.3 Å². The lowest BCUT2D eigenvalue weighted by atomic mass is 10.2. The van der Waals surface area contributed by atoms with Gasteiger partial charge in [-0.05, 0) is 17.7 Å². The molecule has 0 bridgehead atoms. The molecule has 1 N–H and O–H groups in total. The average Bonchev–Trinajstić information content (AvgIpc) is 2.95. The van der Waals surface area contributed by atoms with Crippen LogP contribution < -0.4 is 5.32 Å². The van der Waals surface area contributed by atoms with Gasteiger partial charge in [0, 0.05) is 11.9 Å². The fourth-order valence-corrected chi connectivity index (χ4v) is 2.47. The van der Waals surface area contributed by atoms with Gasteiger partial charge in [0.15, 0.2) is 10.8 Å². The molecule has 0 unspecified atom stereocenters. The van der Waals surface area contributed by atoms with Crippen molar-refractivity contribution in [3.63, 3.8) is 0 Å². The zero-order chi connectivity index (χ0) is 15.2. The highest BCUT2D eigenvalue weighted by Gasteiger charge is 2.12. The van der Waals surface area contributed by atoms with Crippen LogP contribution in [0.25, 0.3) is 0 Å². The number of rotatable bonds is 6. The van der Waals surface area contributed by atoms with Gasteiger partial charge in [-0.3, -0.25) is 0 Å². The van der Waals surface area contributed by atoms with Gasteiger partial charge in [0.2, 0.25) is 0 Å².